The molecule has 2 aliphatic rings. The number of amides is 2. The van der Waals surface area contributed by atoms with Crippen molar-refractivity contribution in [3.63, 3.8) is 0 Å². The summed E-state index contributed by atoms with van der Waals surface area (Å²) in [5, 5.41) is 10.5. The fourth-order valence-corrected chi connectivity index (χ4v) is 5.61. The van der Waals surface area contributed by atoms with Gasteiger partial charge in [0.1, 0.15) is 5.54 Å². The summed E-state index contributed by atoms with van der Waals surface area (Å²) >= 11 is 0. The molecule has 0 unspecified atom stereocenters. The monoisotopic (exact) mass is 452 g/mol. The molecule has 0 spiro atoms. The van der Waals surface area contributed by atoms with E-state index in [1.165, 1.54) is 25.3 Å². The van der Waals surface area contributed by atoms with Crippen LogP contribution in [-0.4, -0.2) is 28.5 Å². The highest BCUT2D eigenvalue weighted by Crippen LogP contribution is 2.40. The van der Waals surface area contributed by atoms with Crippen LogP contribution >= 0.6 is 0 Å². The van der Waals surface area contributed by atoms with Crippen molar-refractivity contribution in [1.29, 1.82) is 0 Å². The van der Waals surface area contributed by atoms with E-state index >= 15 is 0 Å². The minimum Gasteiger partial charge on any atom is -0.355 e. The summed E-state index contributed by atoms with van der Waals surface area (Å²) in [5.41, 5.74) is 0.798. The zero-order valence-corrected chi connectivity index (χ0v) is 19.7. The van der Waals surface area contributed by atoms with Gasteiger partial charge in [-0.2, -0.15) is 4.98 Å². The third kappa shape index (κ3) is 5.63. The van der Waals surface area contributed by atoms with E-state index in [9.17, 15) is 9.59 Å². The minimum absolute atomic E-state index is 0.00277. The Kier molecular flexibility index (Phi) is 7.46. The standard InChI is InChI=1S/C26H36N4O3/c1-20(31)29-26(17-7-2-3-8-18-26)24-28-23(33-30-24)14-13-22(32)27-19-25(15-9-10-16-25)21-11-5-4-6-12-21/h4-6,11-12H,2-3,7-10,13-19H2,1H3,(H,27,32)(H,29,31). The molecule has 0 radical (unpaired) electrons. The number of nitrogens with one attached hydrogen (secondary N) is 2. The average Bonchev–Trinajstić information content (AvgIpc) is 3.44. The second kappa shape index (κ2) is 10.5. The fraction of sp³-hybridized carbons (Fsp3) is 0.615. The maximum atomic E-state index is 12.7. The van der Waals surface area contributed by atoms with Crippen LogP contribution in [0.3, 0.4) is 0 Å². The van der Waals surface area contributed by atoms with Crippen molar-refractivity contribution in [1.82, 2.24) is 20.8 Å². The first kappa shape index (κ1) is 23.5. The highest BCUT2D eigenvalue weighted by Gasteiger charge is 2.38. The minimum atomic E-state index is -0.559. The normalized spacial score (nSPS) is 19.5. The molecule has 2 aliphatic carbocycles. The molecule has 2 amide bonds. The van der Waals surface area contributed by atoms with Crippen LogP contribution in [0.1, 0.15) is 94.8 Å². The molecular formula is C26H36N4O3. The molecule has 33 heavy (non-hydrogen) atoms. The van der Waals surface area contributed by atoms with Crippen LogP contribution in [-0.2, 0) is 27.0 Å². The first-order chi connectivity index (χ1) is 16.0. The van der Waals surface area contributed by atoms with Crippen LogP contribution in [0.4, 0.5) is 0 Å². The van der Waals surface area contributed by atoms with Crippen LogP contribution in [0.5, 0.6) is 0 Å². The molecule has 0 saturated heterocycles. The number of benzene rings is 1. The van der Waals surface area contributed by atoms with Gasteiger partial charge in [-0.05, 0) is 31.2 Å². The van der Waals surface area contributed by atoms with E-state index in [1.54, 1.807) is 0 Å². The van der Waals surface area contributed by atoms with E-state index in [4.69, 9.17) is 4.52 Å². The highest BCUT2D eigenvalue weighted by molar-refractivity contribution is 5.76. The van der Waals surface area contributed by atoms with Gasteiger partial charge in [-0.25, -0.2) is 0 Å². The molecule has 1 aromatic carbocycles. The van der Waals surface area contributed by atoms with Gasteiger partial charge >= 0.3 is 0 Å². The van der Waals surface area contributed by atoms with Gasteiger partial charge in [0.05, 0.1) is 0 Å². The average molecular weight is 453 g/mol. The zero-order chi connectivity index (χ0) is 23.2. The van der Waals surface area contributed by atoms with E-state index in [2.05, 4.69) is 45.0 Å². The fourth-order valence-electron chi connectivity index (χ4n) is 5.61. The Labute approximate surface area is 196 Å². The number of hydrogen-bond donors (Lipinski definition) is 2. The van der Waals surface area contributed by atoms with Crippen molar-refractivity contribution in [2.75, 3.05) is 6.54 Å². The Hall–Kier alpha value is -2.70. The second-order valence-electron chi connectivity index (χ2n) is 9.82. The maximum absolute atomic E-state index is 12.7. The lowest BCUT2D eigenvalue weighted by Gasteiger charge is -2.30. The molecule has 178 valence electrons. The van der Waals surface area contributed by atoms with Gasteiger partial charge in [-0.15, -0.1) is 0 Å². The number of nitrogens with zero attached hydrogens (tertiary/aromatic N) is 2. The molecule has 7 nitrogen and oxygen atoms in total. The van der Waals surface area contributed by atoms with Crippen LogP contribution in [0, 0.1) is 0 Å². The number of aryl methyl sites for hydroxylation is 1. The number of rotatable bonds is 8. The molecule has 2 aromatic rings. The van der Waals surface area contributed by atoms with Gasteiger partial charge in [0.2, 0.25) is 17.7 Å². The topological polar surface area (TPSA) is 97.1 Å². The summed E-state index contributed by atoms with van der Waals surface area (Å²) in [6, 6.07) is 10.5. The molecule has 0 atom stereocenters. The third-order valence-electron chi connectivity index (χ3n) is 7.41. The number of hydrogen-bond acceptors (Lipinski definition) is 5. The molecule has 2 N–H and O–H groups in total. The molecule has 2 saturated carbocycles. The quantitative estimate of drug-likeness (QED) is 0.582. The summed E-state index contributed by atoms with van der Waals surface area (Å²) < 4.78 is 5.49. The molecule has 4 rings (SSSR count). The Morgan fingerprint density at radius 3 is 2.30 bits per heavy atom. The molecule has 7 heteroatoms. The van der Waals surface area contributed by atoms with Crippen molar-refractivity contribution < 1.29 is 14.1 Å². The third-order valence-corrected chi connectivity index (χ3v) is 7.41. The summed E-state index contributed by atoms with van der Waals surface area (Å²) in [6.07, 6.45) is 11.3. The molecule has 0 bridgehead atoms. The van der Waals surface area contributed by atoms with Gasteiger partial charge in [-0.3, -0.25) is 9.59 Å². The Morgan fingerprint density at radius 2 is 1.64 bits per heavy atom. The van der Waals surface area contributed by atoms with Crippen molar-refractivity contribution in [2.24, 2.45) is 0 Å². The molecular weight excluding hydrogens is 416 g/mol. The summed E-state index contributed by atoms with van der Waals surface area (Å²) in [7, 11) is 0. The lowest BCUT2D eigenvalue weighted by atomic mass is 9.79. The largest absolute Gasteiger partial charge is 0.355 e. The van der Waals surface area contributed by atoms with Gasteiger partial charge < -0.3 is 15.2 Å². The van der Waals surface area contributed by atoms with Crippen LogP contribution in [0.15, 0.2) is 34.9 Å². The maximum Gasteiger partial charge on any atom is 0.227 e. The van der Waals surface area contributed by atoms with Crippen molar-refractivity contribution >= 4 is 11.8 Å². The predicted octanol–water partition coefficient (Wildman–Crippen LogP) is 4.32. The molecule has 0 aliphatic heterocycles. The van der Waals surface area contributed by atoms with Gasteiger partial charge in [0.15, 0.2) is 5.82 Å². The van der Waals surface area contributed by atoms with E-state index in [0.717, 1.165) is 51.4 Å². The van der Waals surface area contributed by atoms with Crippen molar-refractivity contribution in [3.8, 4) is 0 Å². The van der Waals surface area contributed by atoms with E-state index in [-0.39, 0.29) is 17.2 Å². The van der Waals surface area contributed by atoms with E-state index < -0.39 is 5.54 Å². The Bertz CT molecular complexity index is 926. The second-order valence-corrected chi connectivity index (χ2v) is 9.82. The molecule has 1 aromatic heterocycles. The lowest BCUT2D eigenvalue weighted by Crippen LogP contribution is -2.45. The lowest BCUT2D eigenvalue weighted by molar-refractivity contribution is -0.122. The Balaban J connectivity index is 1.35. The van der Waals surface area contributed by atoms with E-state index in [0.29, 0.717) is 31.1 Å². The zero-order valence-electron chi connectivity index (χ0n) is 19.7. The van der Waals surface area contributed by atoms with Gasteiger partial charge in [0, 0.05) is 31.7 Å². The predicted molar refractivity (Wildman–Crippen MR) is 125 cm³/mol. The van der Waals surface area contributed by atoms with Crippen LogP contribution < -0.4 is 10.6 Å². The number of aromatic nitrogens is 2. The molecule has 1 heterocycles. The van der Waals surface area contributed by atoms with Crippen LogP contribution in [0.25, 0.3) is 0 Å². The summed E-state index contributed by atoms with van der Waals surface area (Å²) in [4.78, 5) is 29.1. The summed E-state index contributed by atoms with van der Waals surface area (Å²) in [6.45, 7) is 2.20. The first-order valence-corrected chi connectivity index (χ1v) is 12.5. The van der Waals surface area contributed by atoms with E-state index in [1.807, 2.05) is 6.07 Å². The van der Waals surface area contributed by atoms with Gasteiger partial charge in [-0.1, -0.05) is 74.0 Å². The summed E-state index contributed by atoms with van der Waals surface area (Å²) in [5.74, 6) is 0.918. The smallest absolute Gasteiger partial charge is 0.227 e. The number of carbonyl (C=O) groups excluding carboxylic acids is 2. The van der Waals surface area contributed by atoms with Crippen molar-refractivity contribution in [3.05, 3.63) is 47.6 Å². The molecule has 2 fully saturated rings. The number of carbonyl (C=O) groups is 2. The van der Waals surface area contributed by atoms with Crippen LogP contribution in [0.2, 0.25) is 0 Å². The van der Waals surface area contributed by atoms with Gasteiger partial charge in [0.25, 0.3) is 0 Å². The SMILES string of the molecule is CC(=O)NC1(c2noc(CCC(=O)NCC3(c4ccccc4)CCCC3)n2)CCCCCC1. The van der Waals surface area contributed by atoms with Crippen molar-refractivity contribution in [2.45, 2.75) is 94.9 Å². The highest BCUT2D eigenvalue weighted by atomic mass is 16.5. The first-order valence-electron chi connectivity index (χ1n) is 12.5. The Morgan fingerprint density at radius 1 is 0.970 bits per heavy atom.